The Morgan fingerprint density at radius 3 is 2.76 bits per heavy atom. The standard InChI is InChI=1S/C14H16N4O2.ClH/c1-10-12(14(19)18-8-6-15-7-9-18)13(17-20-10)11-4-2-3-5-16-11;/h2-5,15H,6-9H2,1H3;1H. The molecule has 1 amide bonds. The molecule has 0 spiro atoms. The van der Waals surface area contributed by atoms with E-state index in [0.29, 0.717) is 35.8 Å². The van der Waals surface area contributed by atoms with Crippen molar-refractivity contribution >= 4 is 18.3 Å². The third kappa shape index (κ3) is 3.06. The molecule has 1 saturated heterocycles. The van der Waals surface area contributed by atoms with Crippen LogP contribution in [0.1, 0.15) is 16.1 Å². The van der Waals surface area contributed by atoms with Crippen molar-refractivity contribution in [3.05, 3.63) is 35.7 Å². The molecule has 21 heavy (non-hydrogen) atoms. The number of carbonyl (C=O) groups excluding carboxylic acids is 1. The maximum atomic E-state index is 12.6. The van der Waals surface area contributed by atoms with E-state index in [1.165, 1.54) is 0 Å². The van der Waals surface area contributed by atoms with E-state index in [4.69, 9.17) is 4.52 Å². The highest BCUT2D eigenvalue weighted by molar-refractivity contribution is 6.00. The zero-order valence-electron chi connectivity index (χ0n) is 11.7. The van der Waals surface area contributed by atoms with Crippen LogP contribution in [0, 0.1) is 6.92 Å². The van der Waals surface area contributed by atoms with Crippen molar-refractivity contribution in [1.82, 2.24) is 20.4 Å². The molecular formula is C14H17ClN4O2. The summed E-state index contributed by atoms with van der Waals surface area (Å²) in [5.74, 6) is 0.500. The largest absolute Gasteiger partial charge is 0.360 e. The van der Waals surface area contributed by atoms with Crippen LogP contribution in [-0.4, -0.2) is 47.1 Å². The molecule has 1 N–H and O–H groups in total. The first-order valence-electron chi connectivity index (χ1n) is 6.65. The molecule has 0 bridgehead atoms. The molecular weight excluding hydrogens is 292 g/mol. The number of piperazine rings is 1. The van der Waals surface area contributed by atoms with Crippen molar-refractivity contribution in [2.75, 3.05) is 26.2 Å². The third-order valence-corrected chi connectivity index (χ3v) is 3.39. The van der Waals surface area contributed by atoms with E-state index in [0.717, 1.165) is 13.1 Å². The summed E-state index contributed by atoms with van der Waals surface area (Å²) in [6.45, 7) is 4.79. The fourth-order valence-electron chi connectivity index (χ4n) is 2.33. The van der Waals surface area contributed by atoms with Gasteiger partial charge in [0, 0.05) is 32.4 Å². The molecule has 1 aliphatic rings. The Morgan fingerprint density at radius 1 is 1.33 bits per heavy atom. The van der Waals surface area contributed by atoms with Crippen LogP contribution in [-0.2, 0) is 0 Å². The van der Waals surface area contributed by atoms with E-state index in [1.807, 2.05) is 23.1 Å². The molecule has 0 unspecified atom stereocenters. The van der Waals surface area contributed by atoms with Crippen molar-refractivity contribution < 1.29 is 9.32 Å². The van der Waals surface area contributed by atoms with Crippen LogP contribution in [0.15, 0.2) is 28.9 Å². The number of halogens is 1. The smallest absolute Gasteiger partial charge is 0.259 e. The average molecular weight is 309 g/mol. The van der Waals surface area contributed by atoms with Crippen LogP contribution in [0.3, 0.4) is 0 Å². The highest BCUT2D eigenvalue weighted by Crippen LogP contribution is 2.24. The Kier molecular flexibility index (Phi) is 4.93. The van der Waals surface area contributed by atoms with Gasteiger partial charge in [-0.25, -0.2) is 0 Å². The van der Waals surface area contributed by atoms with Gasteiger partial charge in [0.25, 0.3) is 5.91 Å². The molecule has 3 rings (SSSR count). The van der Waals surface area contributed by atoms with Gasteiger partial charge in [-0.1, -0.05) is 11.2 Å². The summed E-state index contributed by atoms with van der Waals surface area (Å²) in [6.07, 6.45) is 1.68. The quantitative estimate of drug-likeness (QED) is 0.910. The molecule has 0 aliphatic carbocycles. The van der Waals surface area contributed by atoms with Crippen molar-refractivity contribution in [2.24, 2.45) is 0 Å². The molecule has 6 nitrogen and oxygen atoms in total. The SMILES string of the molecule is Cc1onc(-c2ccccn2)c1C(=O)N1CCNCC1.Cl. The number of hydrogen-bond acceptors (Lipinski definition) is 5. The second-order valence-corrected chi connectivity index (χ2v) is 4.72. The Labute approximate surface area is 128 Å². The summed E-state index contributed by atoms with van der Waals surface area (Å²) in [7, 11) is 0. The van der Waals surface area contributed by atoms with Gasteiger partial charge in [0.2, 0.25) is 0 Å². The Balaban J connectivity index is 0.00000161. The molecule has 2 aromatic heterocycles. The van der Waals surface area contributed by atoms with Crippen molar-refractivity contribution in [1.29, 1.82) is 0 Å². The monoisotopic (exact) mass is 308 g/mol. The van der Waals surface area contributed by atoms with Crippen molar-refractivity contribution in [2.45, 2.75) is 6.92 Å². The number of amides is 1. The summed E-state index contributed by atoms with van der Waals surface area (Å²) in [6, 6.07) is 5.52. The number of nitrogens with one attached hydrogen (secondary N) is 1. The first-order chi connectivity index (χ1) is 9.77. The summed E-state index contributed by atoms with van der Waals surface area (Å²) < 4.78 is 5.21. The van der Waals surface area contributed by atoms with Gasteiger partial charge >= 0.3 is 0 Å². The Bertz CT molecular complexity index is 609. The van der Waals surface area contributed by atoms with Crippen LogP contribution >= 0.6 is 12.4 Å². The van der Waals surface area contributed by atoms with Gasteiger partial charge in [-0.3, -0.25) is 9.78 Å². The topological polar surface area (TPSA) is 71.3 Å². The van der Waals surface area contributed by atoms with Gasteiger partial charge < -0.3 is 14.7 Å². The van der Waals surface area contributed by atoms with E-state index in [2.05, 4.69) is 15.5 Å². The number of aromatic nitrogens is 2. The number of hydrogen-bond donors (Lipinski definition) is 1. The van der Waals surface area contributed by atoms with E-state index in [9.17, 15) is 4.79 Å². The molecule has 2 aromatic rings. The first-order valence-corrected chi connectivity index (χ1v) is 6.65. The molecule has 3 heterocycles. The van der Waals surface area contributed by atoms with Crippen LogP contribution in [0.2, 0.25) is 0 Å². The van der Waals surface area contributed by atoms with E-state index >= 15 is 0 Å². The molecule has 0 saturated carbocycles. The number of rotatable bonds is 2. The highest BCUT2D eigenvalue weighted by Gasteiger charge is 2.27. The van der Waals surface area contributed by atoms with Crippen molar-refractivity contribution in [3.63, 3.8) is 0 Å². The van der Waals surface area contributed by atoms with Crippen LogP contribution in [0.25, 0.3) is 11.4 Å². The van der Waals surface area contributed by atoms with Gasteiger partial charge in [0.05, 0.1) is 5.69 Å². The number of pyridine rings is 1. The van der Waals surface area contributed by atoms with Gasteiger partial charge in [0.1, 0.15) is 17.0 Å². The summed E-state index contributed by atoms with van der Waals surface area (Å²) in [4.78, 5) is 18.7. The van der Waals surface area contributed by atoms with Gasteiger partial charge in [-0.05, 0) is 19.1 Å². The fourth-order valence-corrected chi connectivity index (χ4v) is 2.33. The fraction of sp³-hybridized carbons (Fsp3) is 0.357. The highest BCUT2D eigenvalue weighted by atomic mass is 35.5. The lowest BCUT2D eigenvalue weighted by molar-refractivity contribution is 0.0734. The number of aryl methyl sites for hydroxylation is 1. The van der Waals surface area contributed by atoms with Crippen LogP contribution < -0.4 is 5.32 Å². The van der Waals surface area contributed by atoms with Gasteiger partial charge in [-0.15, -0.1) is 12.4 Å². The lowest BCUT2D eigenvalue weighted by Gasteiger charge is -2.27. The third-order valence-electron chi connectivity index (χ3n) is 3.39. The molecule has 0 atom stereocenters. The maximum absolute atomic E-state index is 12.6. The Morgan fingerprint density at radius 2 is 2.10 bits per heavy atom. The molecule has 7 heteroatoms. The molecule has 0 aromatic carbocycles. The minimum Gasteiger partial charge on any atom is -0.360 e. The zero-order chi connectivity index (χ0) is 13.9. The lowest BCUT2D eigenvalue weighted by atomic mass is 10.1. The minimum atomic E-state index is -0.0362. The summed E-state index contributed by atoms with van der Waals surface area (Å²) >= 11 is 0. The van der Waals surface area contributed by atoms with E-state index < -0.39 is 0 Å². The van der Waals surface area contributed by atoms with E-state index in [-0.39, 0.29) is 18.3 Å². The van der Waals surface area contributed by atoms with E-state index in [1.54, 1.807) is 13.1 Å². The summed E-state index contributed by atoms with van der Waals surface area (Å²) in [5, 5.41) is 7.23. The molecule has 0 radical (unpaired) electrons. The predicted molar refractivity (Wildman–Crippen MR) is 80.5 cm³/mol. The predicted octanol–water partition coefficient (Wildman–Crippen LogP) is 1.51. The molecule has 1 aliphatic heterocycles. The van der Waals surface area contributed by atoms with Gasteiger partial charge in [-0.2, -0.15) is 0 Å². The number of nitrogens with zero attached hydrogens (tertiary/aromatic N) is 3. The normalized spacial score (nSPS) is 14.6. The van der Waals surface area contributed by atoms with Gasteiger partial charge in [0.15, 0.2) is 0 Å². The summed E-state index contributed by atoms with van der Waals surface area (Å²) in [5.41, 5.74) is 1.69. The Hall–Kier alpha value is -1.92. The lowest BCUT2D eigenvalue weighted by Crippen LogP contribution is -2.46. The zero-order valence-corrected chi connectivity index (χ0v) is 12.5. The van der Waals surface area contributed by atoms with Crippen molar-refractivity contribution in [3.8, 4) is 11.4 Å². The second kappa shape index (κ2) is 6.69. The average Bonchev–Trinajstić information content (AvgIpc) is 2.90. The first kappa shape index (κ1) is 15.5. The van der Waals surface area contributed by atoms with Crippen LogP contribution in [0.5, 0.6) is 0 Å². The maximum Gasteiger partial charge on any atom is 0.259 e. The molecule has 112 valence electrons. The van der Waals surface area contributed by atoms with Crippen LogP contribution in [0.4, 0.5) is 0 Å². The number of carbonyl (C=O) groups is 1. The molecule has 1 fully saturated rings. The second-order valence-electron chi connectivity index (χ2n) is 4.72. The minimum absolute atomic E-state index is 0.